The highest BCUT2D eigenvalue weighted by atomic mass is 16.3. The smallest absolute Gasteiger partial charge is 0.123 e. The molecule has 0 aromatic heterocycles. The fourth-order valence-electron chi connectivity index (χ4n) is 2.10. The van der Waals surface area contributed by atoms with Gasteiger partial charge in [0.05, 0.1) is 0 Å². The van der Waals surface area contributed by atoms with Gasteiger partial charge in [-0.15, -0.1) is 0 Å². The van der Waals surface area contributed by atoms with E-state index in [-0.39, 0.29) is 5.41 Å². The fourth-order valence-corrected chi connectivity index (χ4v) is 2.10. The molecule has 1 aromatic rings. The zero-order valence-electron chi connectivity index (χ0n) is 12.2. The molecule has 0 aliphatic rings. The van der Waals surface area contributed by atoms with Crippen LogP contribution in [0.5, 0.6) is 5.75 Å². The highest BCUT2D eigenvalue weighted by Gasteiger charge is 2.17. The third-order valence-corrected chi connectivity index (χ3v) is 3.40. The Morgan fingerprint density at radius 1 is 1.11 bits per heavy atom. The Balaban J connectivity index is 3.07. The number of phenols is 1. The van der Waals surface area contributed by atoms with Crippen LogP contribution < -0.4 is 5.73 Å². The van der Waals surface area contributed by atoms with E-state index in [1.54, 1.807) is 0 Å². The van der Waals surface area contributed by atoms with Gasteiger partial charge in [-0.05, 0) is 29.4 Å². The normalized spacial score (nSPS) is 11.8. The van der Waals surface area contributed by atoms with E-state index in [0.717, 1.165) is 24.0 Å². The lowest BCUT2D eigenvalue weighted by Crippen LogP contribution is -2.13. The summed E-state index contributed by atoms with van der Waals surface area (Å²) in [6, 6.07) is 4.18. The lowest BCUT2D eigenvalue weighted by molar-refractivity contribution is 0.457. The lowest BCUT2D eigenvalue weighted by atomic mass is 9.84. The summed E-state index contributed by atoms with van der Waals surface area (Å²) in [6.45, 7) is 9.16. The molecule has 0 amide bonds. The predicted octanol–water partition coefficient (Wildman–Crippen LogP) is 3.88. The SMILES string of the molecule is CCCCCc1cc(C(C)(C)C)cc(CN)c1O. The lowest BCUT2D eigenvalue weighted by Gasteiger charge is -2.22. The van der Waals surface area contributed by atoms with E-state index in [1.807, 2.05) is 6.07 Å². The molecule has 18 heavy (non-hydrogen) atoms. The predicted molar refractivity (Wildman–Crippen MR) is 77.9 cm³/mol. The van der Waals surface area contributed by atoms with Crippen molar-refractivity contribution in [2.45, 2.75) is 65.3 Å². The van der Waals surface area contributed by atoms with Gasteiger partial charge in [0.2, 0.25) is 0 Å². The number of phenolic OH excluding ortho intramolecular Hbond substituents is 1. The van der Waals surface area contributed by atoms with Crippen LogP contribution in [0.15, 0.2) is 12.1 Å². The molecule has 1 aromatic carbocycles. The first-order valence-corrected chi connectivity index (χ1v) is 6.95. The summed E-state index contributed by atoms with van der Waals surface area (Å²) in [4.78, 5) is 0. The van der Waals surface area contributed by atoms with E-state index in [2.05, 4.69) is 33.8 Å². The molecule has 0 aliphatic heterocycles. The van der Waals surface area contributed by atoms with Gasteiger partial charge in [-0.3, -0.25) is 0 Å². The van der Waals surface area contributed by atoms with Gasteiger partial charge in [0.1, 0.15) is 5.75 Å². The van der Waals surface area contributed by atoms with Crippen molar-refractivity contribution in [1.29, 1.82) is 0 Å². The number of aromatic hydroxyl groups is 1. The van der Waals surface area contributed by atoms with E-state index in [0.29, 0.717) is 12.3 Å². The topological polar surface area (TPSA) is 46.2 Å². The Morgan fingerprint density at radius 2 is 1.72 bits per heavy atom. The highest BCUT2D eigenvalue weighted by molar-refractivity contribution is 5.45. The van der Waals surface area contributed by atoms with Crippen LogP contribution in [0, 0.1) is 0 Å². The summed E-state index contributed by atoms with van der Waals surface area (Å²) in [5.74, 6) is 0.404. The Morgan fingerprint density at radius 3 is 2.22 bits per heavy atom. The average Bonchev–Trinajstić information content (AvgIpc) is 2.30. The monoisotopic (exact) mass is 249 g/mol. The standard InChI is InChI=1S/C16H27NO/c1-5-6-7-8-12-9-14(16(2,3)4)10-13(11-17)15(12)18/h9-10,18H,5-8,11,17H2,1-4H3. The molecule has 0 spiro atoms. The van der Waals surface area contributed by atoms with Crippen molar-refractivity contribution in [2.75, 3.05) is 0 Å². The van der Waals surface area contributed by atoms with Gasteiger partial charge in [0, 0.05) is 12.1 Å². The first-order chi connectivity index (χ1) is 8.40. The van der Waals surface area contributed by atoms with E-state index >= 15 is 0 Å². The maximum Gasteiger partial charge on any atom is 0.123 e. The summed E-state index contributed by atoms with van der Waals surface area (Å²) < 4.78 is 0. The first kappa shape index (κ1) is 15.0. The number of hydrogen-bond acceptors (Lipinski definition) is 2. The molecule has 0 saturated carbocycles. The molecule has 0 aliphatic carbocycles. The van der Waals surface area contributed by atoms with Crippen molar-refractivity contribution in [2.24, 2.45) is 5.73 Å². The van der Waals surface area contributed by atoms with Gasteiger partial charge in [0.15, 0.2) is 0 Å². The van der Waals surface area contributed by atoms with Crippen molar-refractivity contribution >= 4 is 0 Å². The van der Waals surface area contributed by atoms with Crippen molar-refractivity contribution < 1.29 is 5.11 Å². The van der Waals surface area contributed by atoms with E-state index < -0.39 is 0 Å². The molecule has 0 bridgehead atoms. The number of hydrogen-bond donors (Lipinski definition) is 2. The Bertz CT molecular complexity index is 391. The van der Waals surface area contributed by atoms with Crippen LogP contribution >= 0.6 is 0 Å². The van der Waals surface area contributed by atoms with Crippen molar-refractivity contribution in [3.8, 4) is 5.75 Å². The molecule has 102 valence electrons. The van der Waals surface area contributed by atoms with E-state index in [1.165, 1.54) is 18.4 Å². The van der Waals surface area contributed by atoms with Crippen LogP contribution in [0.2, 0.25) is 0 Å². The molecule has 0 radical (unpaired) electrons. The minimum Gasteiger partial charge on any atom is -0.507 e. The Hall–Kier alpha value is -1.02. The minimum absolute atomic E-state index is 0.0944. The molecule has 2 nitrogen and oxygen atoms in total. The summed E-state index contributed by atoms with van der Waals surface area (Å²) in [6.07, 6.45) is 4.47. The van der Waals surface area contributed by atoms with Crippen LogP contribution in [0.25, 0.3) is 0 Å². The third-order valence-electron chi connectivity index (χ3n) is 3.40. The number of unbranched alkanes of at least 4 members (excludes halogenated alkanes) is 2. The van der Waals surface area contributed by atoms with Crippen LogP contribution in [0.4, 0.5) is 0 Å². The van der Waals surface area contributed by atoms with Crippen LogP contribution in [0.3, 0.4) is 0 Å². The van der Waals surface area contributed by atoms with Crippen LogP contribution in [-0.4, -0.2) is 5.11 Å². The second-order valence-corrected chi connectivity index (χ2v) is 6.05. The Labute approximate surface area is 111 Å². The summed E-state index contributed by atoms with van der Waals surface area (Å²) in [5, 5.41) is 10.2. The zero-order valence-corrected chi connectivity index (χ0v) is 12.2. The van der Waals surface area contributed by atoms with Gasteiger partial charge in [-0.1, -0.05) is 52.7 Å². The van der Waals surface area contributed by atoms with E-state index in [4.69, 9.17) is 5.73 Å². The maximum absolute atomic E-state index is 10.2. The number of aryl methyl sites for hydroxylation is 1. The summed E-state index contributed by atoms with van der Waals surface area (Å²) in [7, 11) is 0. The number of rotatable bonds is 5. The second kappa shape index (κ2) is 6.24. The average molecular weight is 249 g/mol. The number of benzene rings is 1. The molecule has 1 rings (SSSR count). The molecule has 0 fully saturated rings. The molecule has 2 heteroatoms. The number of nitrogens with two attached hydrogens (primary N) is 1. The molecule has 0 heterocycles. The molecular weight excluding hydrogens is 222 g/mol. The highest BCUT2D eigenvalue weighted by Crippen LogP contribution is 2.31. The molecule has 3 N–H and O–H groups in total. The molecule has 0 atom stereocenters. The molecule has 0 unspecified atom stereocenters. The Kier molecular flexibility index (Phi) is 5.21. The third kappa shape index (κ3) is 3.74. The summed E-state index contributed by atoms with van der Waals surface area (Å²) >= 11 is 0. The van der Waals surface area contributed by atoms with Gasteiger partial charge >= 0.3 is 0 Å². The van der Waals surface area contributed by atoms with Crippen molar-refractivity contribution in [1.82, 2.24) is 0 Å². The van der Waals surface area contributed by atoms with Crippen LogP contribution in [0.1, 0.15) is 63.6 Å². The van der Waals surface area contributed by atoms with Crippen molar-refractivity contribution in [3.05, 3.63) is 28.8 Å². The molecule has 0 saturated heterocycles. The van der Waals surface area contributed by atoms with Gasteiger partial charge < -0.3 is 10.8 Å². The van der Waals surface area contributed by atoms with Crippen LogP contribution in [-0.2, 0) is 18.4 Å². The minimum atomic E-state index is 0.0944. The second-order valence-electron chi connectivity index (χ2n) is 6.05. The summed E-state index contributed by atoms with van der Waals surface area (Å²) in [5.41, 5.74) is 9.00. The quantitative estimate of drug-likeness (QED) is 0.778. The zero-order chi connectivity index (χ0) is 13.8. The van der Waals surface area contributed by atoms with Gasteiger partial charge in [0.25, 0.3) is 0 Å². The largest absolute Gasteiger partial charge is 0.507 e. The van der Waals surface area contributed by atoms with Gasteiger partial charge in [-0.25, -0.2) is 0 Å². The van der Waals surface area contributed by atoms with Gasteiger partial charge in [-0.2, -0.15) is 0 Å². The molecular formula is C16H27NO. The van der Waals surface area contributed by atoms with E-state index in [9.17, 15) is 5.11 Å². The fraction of sp³-hybridized carbons (Fsp3) is 0.625. The maximum atomic E-state index is 10.2. The van der Waals surface area contributed by atoms with Crippen molar-refractivity contribution in [3.63, 3.8) is 0 Å². The first-order valence-electron chi connectivity index (χ1n) is 6.95.